The Kier molecular flexibility index (Phi) is 6.78. The van der Waals surface area contributed by atoms with Crippen LogP contribution in [0.1, 0.15) is 36.7 Å². The fourth-order valence-electron chi connectivity index (χ4n) is 8.69. The second-order valence-electron chi connectivity index (χ2n) is 13.0. The molecule has 1 unspecified atom stereocenters. The molecule has 0 amide bonds. The number of esters is 1. The second kappa shape index (κ2) is 9.88. The van der Waals surface area contributed by atoms with Crippen LogP contribution in [-0.2, 0) is 29.7 Å². The third kappa shape index (κ3) is 3.58. The molecule has 10 nitrogen and oxygen atoms in total. The zero-order valence-corrected chi connectivity index (χ0v) is 26.5. The van der Waals surface area contributed by atoms with Crippen molar-refractivity contribution >= 4 is 27.7 Å². The second-order valence-corrected chi connectivity index (χ2v) is 14.0. The predicted octanol–water partition coefficient (Wildman–Crippen LogP) is 2.53. The Bertz CT molecular complexity index is 1620. The lowest BCUT2D eigenvalue weighted by atomic mass is 9.53. The quantitative estimate of drug-likeness (QED) is 0.210. The molecular formula is C34H35BrO10. The highest BCUT2D eigenvalue weighted by Crippen LogP contribution is 2.72. The van der Waals surface area contributed by atoms with E-state index in [-0.39, 0.29) is 11.1 Å². The number of rotatable bonds is 5. The first-order valence-corrected chi connectivity index (χ1v) is 15.8. The molecule has 2 aromatic rings. The maximum atomic E-state index is 13.8. The fourth-order valence-corrected chi connectivity index (χ4v) is 9.77. The van der Waals surface area contributed by atoms with Crippen molar-refractivity contribution in [3.8, 4) is 0 Å². The Morgan fingerprint density at radius 2 is 1.69 bits per heavy atom. The van der Waals surface area contributed by atoms with Gasteiger partial charge in [0.25, 0.3) is 0 Å². The van der Waals surface area contributed by atoms with Crippen molar-refractivity contribution in [2.24, 2.45) is 17.8 Å². The van der Waals surface area contributed by atoms with Crippen molar-refractivity contribution in [1.82, 2.24) is 0 Å². The minimum absolute atomic E-state index is 0.141. The first kappa shape index (κ1) is 30.9. The molecule has 45 heavy (non-hydrogen) atoms. The van der Waals surface area contributed by atoms with Gasteiger partial charge in [-0.05, 0) is 37.1 Å². The summed E-state index contributed by atoms with van der Waals surface area (Å²) in [6.45, 7) is 8.25. The van der Waals surface area contributed by atoms with Crippen LogP contribution in [0.5, 0.6) is 0 Å². The number of carbonyl (C=O) groups is 2. The van der Waals surface area contributed by atoms with Gasteiger partial charge in [0, 0.05) is 23.3 Å². The van der Waals surface area contributed by atoms with Crippen molar-refractivity contribution in [1.29, 1.82) is 0 Å². The number of Topliss-reactive ketones (excluding diaryl/α,β-unsaturated/α-hetero) is 1. The summed E-state index contributed by atoms with van der Waals surface area (Å²) in [4.78, 5) is 26.3. The number of aliphatic hydroxyl groups excluding tert-OH is 2. The molecule has 11 heteroatoms. The first-order valence-electron chi connectivity index (χ1n) is 14.9. The van der Waals surface area contributed by atoms with Gasteiger partial charge >= 0.3 is 11.9 Å². The van der Waals surface area contributed by atoms with Crippen LogP contribution in [0, 0.1) is 17.8 Å². The first-order chi connectivity index (χ1) is 21.3. The van der Waals surface area contributed by atoms with Crippen molar-refractivity contribution in [3.05, 3.63) is 95.6 Å². The Morgan fingerprint density at radius 3 is 2.29 bits per heavy atom. The molecule has 12 atom stereocenters. The summed E-state index contributed by atoms with van der Waals surface area (Å²) in [5.74, 6) is -6.58. The third-order valence-electron chi connectivity index (χ3n) is 10.8. The van der Waals surface area contributed by atoms with Gasteiger partial charge < -0.3 is 39.4 Å². The van der Waals surface area contributed by atoms with Gasteiger partial charge in [0.1, 0.15) is 23.9 Å². The number of hydrogen-bond acceptors (Lipinski definition) is 10. The average molecular weight is 684 g/mol. The molecule has 0 aromatic heterocycles. The highest BCUT2D eigenvalue weighted by Gasteiger charge is 2.87. The number of aliphatic hydroxyl groups is 4. The van der Waals surface area contributed by atoms with E-state index in [4.69, 9.17) is 18.9 Å². The predicted molar refractivity (Wildman–Crippen MR) is 162 cm³/mol. The zero-order chi connectivity index (χ0) is 32.3. The number of benzene rings is 2. The van der Waals surface area contributed by atoms with Crippen molar-refractivity contribution < 1.29 is 49.0 Å². The molecule has 2 aliphatic heterocycles. The van der Waals surface area contributed by atoms with Gasteiger partial charge in [-0.1, -0.05) is 84.0 Å². The molecule has 2 saturated heterocycles. The van der Waals surface area contributed by atoms with Gasteiger partial charge in [0.2, 0.25) is 0 Å². The molecule has 5 aliphatic rings. The van der Waals surface area contributed by atoms with E-state index < -0.39 is 87.6 Å². The van der Waals surface area contributed by atoms with E-state index in [0.717, 1.165) is 0 Å². The van der Waals surface area contributed by atoms with E-state index in [1.54, 1.807) is 68.4 Å². The number of hydrogen-bond donors (Lipinski definition) is 4. The minimum atomic E-state index is -2.64. The highest BCUT2D eigenvalue weighted by atomic mass is 79.9. The normalized spacial score (nSPS) is 46.2. The van der Waals surface area contributed by atoms with Gasteiger partial charge in [0.05, 0.1) is 22.6 Å². The summed E-state index contributed by atoms with van der Waals surface area (Å²) in [5, 5.41) is 46.8. The third-order valence-corrected chi connectivity index (χ3v) is 12.2. The van der Waals surface area contributed by atoms with Gasteiger partial charge in [-0.15, -0.1) is 0 Å². The van der Waals surface area contributed by atoms with Crippen molar-refractivity contribution in [2.45, 2.75) is 72.3 Å². The molecule has 3 bridgehead atoms. The van der Waals surface area contributed by atoms with Crippen LogP contribution >= 0.6 is 15.9 Å². The molecule has 3 aliphatic carbocycles. The van der Waals surface area contributed by atoms with Crippen LogP contribution in [0.15, 0.2) is 84.5 Å². The summed E-state index contributed by atoms with van der Waals surface area (Å²) in [7, 11) is 0. The molecule has 2 saturated carbocycles. The average Bonchev–Trinajstić information content (AvgIpc) is 3.43. The van der Waals surface area contributed by atoms with Crippen LogP contribution < -0.4 is 0 Å². The summed E-state index contributed by atoms with van der Waals surface area (Å²) in [6.07, 6.45) is -2.86. The maximum absolute atomic E-state index is 13.8. The summed E-state index contributed by atoms with van der Waals surface area (Å²) >= 11 is 3.58. The van der Waals surface area contributed by atoms with Crippen molar-refractivity contribution in [3.63, 3.8) is 0 Å². The van der Waals surface area contributed by atoms with E-state index in [9.17, 15) is 30.0 Å². The number of carbonyl (C=O) groups excluding carboxylic acids is 2. The fraction of sp³-hybridized carbons (Fsp3) is 0.471. The molecule has 4 N–H and O–H groups in total. The Morgan fingerprint density at radius 1 is 1.07 bits per heavy atom. The Balaban J connectivity index is 1.54. The number of alkyl halides is 1. The largest absolute Gasteiger partial charge is 0.455 e. The van der Waals surface area contributed by atoms with E-state index >= 15 is 0 Å². The van der Waals surface area contributed by atoms with Crippen LogP contribution in [0.4, 0.5) is 0 Å². The molecule has 238 valence electrons. The van der Waals surface area contributed by atoms with Gasteiger partial charge in [-0.25, -0.2) is 4.79 Å². The monoisotopic (exact) mass is 682 g/mol. The van der Waals surface area contributed by atoms with E-state index in [1.807, 2.05) is 6.07 Å². The molecule has 4 fully saturated rings. The van der Waals surface area contributed by atoms with Gasteiger partial charge in [-0.3, -0.25) is 4.79 Å². The molecule has 7 rings (SSSR count). The lowest BCUT2D eigenvalue weighted by Crippen LogP contribution is -2.76. The highest BCUT2D eigenvalue weighted by molar-refractivity contribution is 9.09. The standard InChI is InChI=1S/C34H35BrO10/c1-17(2)32-26(42-28(38)20-11-7-5-8-12-20)19(4)33-22-15-18(3)25(37)31(22,41)29(39)30(40,16-36)24(35)23(33)27(32)43-34(44-32,45-33)21-13-9-6-10-14-21/h5-15,19,22-24,26-27,29,36,39-41H,1,16H2,2-4H3/t19-,22-,23+,24-,26-,27-,29-,30+,31-,32+,33+,34?/m1/s1. The molecule has 0 radical (unpaired) electrons. The topological polar surface area (TPSA) is 152 Å². The summed E-state index contributed by atoms with van der Waals surface area (Å²) in [5.41, 5.74) is -7.05. The van der Waals surface area contributed by atoms with Crippen LogP contribution in [-0.4, -0.2) is 84.3 Å². The number of ether oxygens (including phenoxy) is 4. The Labute approximate surface area is 268 Å². The van der Waals surface area contributed by atoms with E-state index in [1.165, 1.54) is 13.0 Å². The van der Waals surface area contributed by atoms with E-state index in [0.29, 0.717) is 11.1 Å². The zero-order valence-electron chi connectivity index (χ0n) is 24.9. The number of ketones is 1. The van der Waals surface area contributed by atoms with Gasteiger partial charge in [0.15, 0.2) is 17.0 Å². The smallest absolute Gasteiger partial charge is 0.338 e. The molecular weight excluding hydrogens is 648 g/mol. The lowest BCUT2D eigenvalue weighted by molar-refractivity contribution is -0.438. The minimum Gasteiger partial charge on any atom is -0.455 e. The summed E-state index contributed by atoms with van der Waals surface area (Å²) in [6, 6.07) is 17.3. The number of halogens is 1. The molecule has 2 aromatic carbocycles. The van der Waals surface area contributed by atoms with Crippen LogP contribution in [0.2, 0.25) is 0 Å². The number of fused-ring (bicyclic) bond motifs is 2. The lowest BCUT2D eigenvalue weighted by Gasteiger charge is -2.62. The molecule has 2 heterocycles. The maximum Gasteiger partial charge on any atom is 0.338 e. The SMILES string of the molecule is C=C(C)[C@@]12OC3(c4ccccc4)O[C@@H]1[C@@H]1[C@@H](Br)[C@@](O)(CO)[C@@H](O)[C@]4(O)C(=O)C(C)=C[C@H]4[C@@]1(O3)[C@H](C)[C@H]2OC(=O)c1ccccc1. The van der Waals surface area contributed by atoms with E-state index in [2.05, 4.69) is 22.5 Å². The van der Waals surface area contributed by atoms with Crippen LogP contribution in [0.3, 0.4) is 0 Å². The van der Waals surface area contributed by atoms with Crippen molar-refractivity contribution in [2.75, 3.05) is 6.61 Å². The summed E-state index contributed by atoms with van der Waals surface area (Å²) < 4.78 is 27.1. The van der Waals surface area contributed by atoms with Crippen LogP contribution in [0.25, 0.3) is 0 Å². The Hall–Kier alpha value is -2.74. The van der Waals surface area contributed by atoms with Gasteiger partial charge in [-0.2, -0.15) is 0 Å². The molecule has 0 spiro atoms.